The molecule has 0 radical (unpaired) electrons. The number of ether oxygens (including phenoxy) is 1. The zero-order chi connectivity index (χ0) is 14.0. The second-order valence-electron chi connectivity index (χ2n) is 5.62. The minimum atomic E-state index is -0.943. The first-order valence-electron chi connectivity index (χ1n) is 5.98. The van der Waals surface area contributed by atoms with Crippen LogP contribution < -0.4 is 10.5 Å². The Hall–Kier alpha value is -0.580. The summed E-state index contributed by atoms with van der Waals surface area (Å²) in [5, 5.41) is 10.7. The van der Waals surface area contributed by atoms with Crippen molar-refractivity contribution in [2.75, 3.05) is 13.7 Å². The van der Waals surface area contributed by atoms with Gasteiger partial charge in [-0.15, -0.1) is 0 Å². The SMILES string of the molecule is COc1ccc(Br)c(CC(O)(CN)C(C)(C)C)c1. The van der Waals surface area contributed by atoms with Crippen LogP contribution in [0.4, 0.5) is 0 Å². The van der Waals surface area contributed by atoms with Crippen LogP contribution in [0.5, 0.6) is 5.75 Å². The summed E-state index contributed by atoms with van der Waals surface area (Å²) >= 11 is 3.50. The van der Waals surface area contributed by atoms with Gasteiger partial charge in [-0.1, -0.05) is 36.7 Å². The second-order valence-corrected chi connectivity index (χ2v) is 6.47. The largest absolute Gasteiger partial charge is 0.497 e. The van der Waals surface area contributed by atoms with Crippen LogP contribution in [-0.4, -0.2) is 24.4 Å². The molecule has 1 unspecified atom stereocenters. The highest BCUT2D eigenvalue weighted by atomic mass is 79.9. The van der Waals surface area contributed by atoms with E-state index in [1.165, 1.54) is 0 Å². The molecule has 18 heavy (non-hydrogen) atoms. The van der Waals surface area contributed by atoms with Gasteiger partial charge in [0.2, 0.25) is 0 Å². The van der Waals surface area contributed by atoms with Crippen LogP contribution in [0.25, 0.3) is 0 Å². The van der Waals surface area contributed by atoms with Crippen molar-refractivity contribution >= 4 is 15.9 Å². The highest BCUT2D eigenvalue weighted by Crippen LogP contribution is 2.35. The number of methoxy groups -OCH3 is 1. The fourth-order valence-corrected chi connectivity index (χ4v) is 2.16. The van der Waals surface area contributed by atoms with E-state index in [1.807, 2.05) is 39.0 Å². The normalized spacial score (nSPS) is 15.3. The summed E-state index contributed by atoms with van der Waals surface area (Å²) in [7, 11) is 1.63. The van der Waals surface area contributed by atoms with Gasteiger partial charge in [-0.2, -0.15) is 0 Å². The predicted octanol–water partition coefficient (Wildman–Crippen LogP) is 2.74. The van der Waals surface area contributed by atoms with Gasteiger partial charge in [0, 0.05) is 17.4 Å². The predicted molar refractivity (Wildman–Crippen MR) is 77.9 cm³/mol. The molecule has 1 atom stereocenters. The lowest BCUT2D eigenvalue weighted by Crippen LogP contribution is -2.50. The molecule has 0 amide bonds. The van der Waals surface area contributed by atoms with E-state index >= 15 is 0 Å². The third-order valence-corrected chi connectivity index (χ3v) is 4.24. The van der Waals surface area contributed by atoms with Crippen LogP contribution in [0.1, 0.15) is 26.3 Å². The average molecular weight is 316 g/mol. The molecule has 0 aliphatic heterocycles. The Labute approximate surface area is 117 Å². The van der Waals surface area contributed by atoms with E-state index in [9.17, 15) is 5.11 Å². The summed E-state index contributed by atoms with van der Waals surface area (Å²) < 4.78 is 6.17. The third kappa shape index (κ3) is 3.25. The van der Waals surface area contributed by atoms with Crippen LogP contribution in [0.15, 0.2) is 22.7 Å². The van der Waals surface area contributed by atoms with E-state index in [4.69, 9.17) is 10.5 Å². The maximum absolute atomic E-state index is 10.7. The smallest absolute Gasteiger partial charge is 0.119 e. The van der Waals surface area contributed by atoms with Gasteiger partial charge in [0.25, 0.3) is 0 Å². The highest BCUT2D eigenvalue weighted by molar-refractivity contribution is 9.10. The van der Waals surface area contributed by atoms with E-state index < -0.39 is 5.60 Å². The monoisotopic (exact) mass is 315 g/mol. The van der Waals surface area contributed by atoms with E-state index in [2.05, 4.69) is 15.9 Å². The average Bonchev–Trinajstić information content (AvgIpc) is 2.30. The third-order valence-electron chi connectivity index (χ3n) is 3.47. The van der Waals surface area contributed by atoms with Crippen molar-refractivity contribution < 1.29 is 9.84 Å². The Morgan fingerprint density at radius 3 is 2.39 bits per heavy atom. The van der Waals surface area contributed by atoms with Crippen molar-refractivity contribution in [3.63, 3.8) is 0 Å². The fraction of sp³-hybridized carbons (Fsp3) is 0.571. The van der Waals surface area contributed by atoms with Gasteiger partial charge in [-0.3, -0.25) is 0 Å². The van der Waals surface area contributed by atoms with Crippen LogP contribution >= 0.6 is 15.9 Å². The Balaban J connectivity index is 3.09. The van der Waals surface area contributed by atoms with Crippen molar-refractivity contribution in [3.8, 4) is 5.75 Å². The van der Waals surface area contributed by atoms with Crippen molar-refractivity contribution in [3.05, 3.63) is 28.2 Å². The summed E-state index contributed by atoms with van der Waals surface area (Å²) in [5.41, 5.74) is 5.53. The van der Waals surface area contributed by atoms with Gasteiger partial charge in [0.1, 0.15) is 5.75 Å². The molecule has 0 aromatic heterocycles. The number of benzene rings is 1. The first-order chi connectivity index (χ1) is 8.23. The van der Waals surface area contributed by atoms with E-state index in [0.29, 0.717) is 6.42 Å². The first-order valence-corrected chi connectivity index (χ1v) is 6.77. The number of hydrogen-bond acceptors (Lipinski definition) is 3. The molecular weight excluding hydrogens is 294 g/mol. The lowest BCUT2D eigenvalue weighted by atomic mass is 9.73. The lowest BCUT2D eigenvalue weighted by molar-refractivity contribution is -0.0491. The van der Waals surface area contributed by atoms with Crippen LogP contribution in [-0.2, 0) is 6.42 Å². The molecule has 1 aromatic rings. The summed E-state index contributed by atoms with van der Waals surface area (Å²) in [5.74, 6) is 0.779. The molecule has 0 aliphatic rings. The summed E-state index contributed by atoms with van der Waals surface area (Å²) in [6.07, 6.45) is 0.491. The van der Waals surface area contributed by atoms with Gasteiger partial charge in [0.05, 0.1) is 12.7 Å². The topological polar surface area (TPSA) is 55.5 Å². The van der Waals surface area contributed by atoms with Gasteiger partial charge in [-0.25, -0.2) is 0 Å². The Morgan fingerprint density at radius 1 is 1.33 bits per heavy atom. The Kier molecular flexibility index (Phi) is 4.81. The van der Waals surface area contributed by atoms with Gasteiger partial charge in [0.15, 0.2) is 0 Å². The summed E-state index contributed by atoms with van der Waals surface area (Å²) in [6.45, 7) is 6.20. The molecule has 0 fully saturated rings. The molecule has 1 rings (SSSR count). The van der Waals surface area contributed by atoms with E-state index in [1.54, 1.807) is 7.11 Å². The molecule has 3 N–H and O–H groups in total. The zero-order valence-electron chi connectivity index (χ0n) is 11.5. The standard InChI is InChI=1S/C14H22BrNO2/c1-13(2,3)14(17,9-16)8-10-7-11(18-4)5-6-12(10)15/h5-7,17H,8-9,16H2,1-4H3. The first kappa shape index (κ1) is 15.5. The van der Waals surface area contributed by atoms with E-state index in [-0.39, 0.29) is 12.0 Å². The summed E-state index contributed by atoms with van der Waals surface area (Å²) in [6, 6.07) is 5.73. The van der Waals surface area contributed by atoms with Crippen molar-refractivity contribution in [2.45, 2.75) is 32.8 Å². The summed E-state index contributed by atoms with van der Waals surface area (Å²) in [4.78, 5) is 0. The minimum Gasteiger partial charge on any atom is -0.497 e. The molecule has 102 valence electrons. The minimum absolute atomic E-state index is 0.222. The maximum Gasteiger partial charge on any atom is 0.119 e. The Bertz CT molecular complexity index is 415. The lowest BCUT2D eigenvalue weighted by Gasteiger charge is -2.39. The van der Waals surface area contributed by atoms with Crippen molar-refractivity contribution in [1.82, 2.24) is 0 Å². The molecule has 3 nitrogen and oxygen atoms in total. The molecule has 4 heteroatoms. The highest BCUT2D eigenvalue weighted by Gasteiger charge is 2.39. The number of hydrogen-bond donors (Lipinski definition) is 2. The molecule has 0 spiro atoms. The van der Waals surface area contributed by atoms with Gasteiger partial charge >= 0.3 is 0 Å². The molecular formula is C14H22BrNO2. The van der Waals surface area contributed by atoms with Crippen molar-refractivity contribution in [2.24, 2.45) is 11.1 Å². The van der Waals surface area contributed by atoms with Crippen LogP contribution in [0, 0.1) is 5.41 Å². The molecule has 0 bridgehead atoms. The van der Waals surface area contributed by atoms with Gasteiger partial charge in [-0.05, 0) is 29.2 Å². The fourth-order valence-electron chi connectivity index (χ4n) is 1.77. The van der Waals surface area contributed by atoms with Crippen LogP contribution in [0.2, 0.25) is 0 Å². The van der Waals surface area contributed by atoms with E-state index in [0.717, 1.165) is 15.8 Å². The Morgan fingerprint density at radius 2 is 1.94 bits per heavy atom. The molecule has 1 aromatic carbocycles. The van der Waals surface area contributed by atoms with Crippen molar-refractivity contribution in [1.29, 1.82) is 0 Å². The molecule has 0 saturated heterocycles. The van der Waals surface area contributed by atoms with Gasteiger partial charge < -0.3 is 15.6 Å². The zero-order valence-corrected chi connectivity index (χ0v) is 13.0. The maximum atomic E-state index is 10.7. The number of halogens is 1. The molecule has 0 aliphatic carbocycles. The molecule has 0 heterocycles. The number of aliphatic hydroxyl groups is 1. The number of nitrogens with two attached hydrogens (primary N) is 1. The van der Waals surface area contributed by atoms with Crippen LogP contribution in [0.3, 0.4) is 0 Å². The number of rotatable bonds is 4. The molecule has 0 saturated carbocycles. The quantitative estimate of drug-likeness (QED) is 0.898. The second kappa shape index (κ2) is 5.59.